The smallest absolute Gasteiger partial charge is 0.326 e. The summed E-state index contributed by atoms with van der Waals surface area (Å²) < 4.78 is 0.882. The number of hydrogen-bond donors (Lipinski definition) is 3. The standard InChI is InChI=1S/C14H9BrN4O2S/c15-7-3-1-6(2-4-7)9-8(5-16)11(17)22-13-10(9)12(20)18-14(21)19-13/h1-4,9H,17H2,(H2,18,19,20,21). The zero-order valence-electron chi connectivity index (χ0n) is 11.0. The van der Waals surface area contributed by atoms with E-state index in [1.807, 2.05) is 24.3 Å². The summed E-state index contributed by atoms with van der Waals surface area (Å²) in [5.74, 6) is -0.602. The van der Waals surface area contributed by atoms with Gasteiger partial charge in [0.15, 0.2) is 0 Å². The van der Waals surface area contributed by atoms with Gasteiger partial charge < -0.3 is 10.7 Å². The molecule has 0 bridgehead atoms. The summed E-state index contributed by atoms with van der Waals surface area (Å²) in [6, 6.07) is 9.34. The number of nitrogens with two attached hydrogens (primary N) is 1. The van der Waals surface area contributed by atoms with Crippen molar-refractivity contribution in [3.05, 3.63) is 71.3 Å². The average molecular weight is 377 g/mol. The van der Waals surface area contributed by atoms with Crippen molar-refractivity contribution < 1.29 is 0 Å². The molecule has 110 valence electrons. The van der Waals surface area contributed by atoms with Crippen LogP contribution in [0.1, 0.15) is 17.0 Å². The fourth-order valence-electron chi connectivity index (χ4n) is 2.38. The predicted octanol–water partition coefficient (Wildman–Crippen LogP) is 1.76. The summed E-state index contributed by atoms with van der Waals surface area (Å²) in [4.78, 5) is 28.5. The molecule has 2 aromatic rings. The second-order valence-electron chi connectivity index (χ2n) is 4.63. The molecule has 1 unspecified atom stereocenters. The molecule has 0 saturated carbocycles. The summed E-state index contributed by atoms with van der Waals surface area (Å²) in [5, 5.41) is 10.1. The first-order valence-corrected chi connectivity index (χ1v) is 7.81. The Kier molecular flexibility index (Phi) is 3.68. The first kappa shape index (κ1) is 14.7. The minimum absolute atomic E-state index is 0.282. The number of aromatic nitrogens is 2. The molecule has 0 aliphatic carbocycles. The van der Waals surface area contributed by atoms with Gasteiger partial charge in [0.2, 0.25) is 0 Å². The number of allylic oxidation sites excluding steroid dienone is 1. The normalized spacial score (nSPS) is 17.0. The summed E-state index contributed by atoms with van der Waals surface area (Å²) in [6.07, 6.45) is 0. The van der Waals surface area contributed by atoms with Crippen LogP contribution in [0, 0.1) is 11.3 Å². The number of aromatic amines is 2. The van der Waals surface area contributed by atoms with Gasteiger partial charge in [-0.3, -0.25) is 9.78 Å². The van der Waals surface area contributed by atoms with Gasteiger partial charge in [0.25, 0.3) is 5.56 Å². The number of halogens is 1. The predicted molar refractivity (Wildman–Crippen MR) is 86.4 cm³/mol. The highest BCUT2D eigenvalue weighted by atomic mass is 79.9. The lowest BCUT2D eigenvalue weighted by Crippen LogP contribution is -2.31. The lowest BCUT2D eigenvalue weighted by atomic mass is 9.86. The van der Waals surface area contributed by atoms with Crippen LogP contribution in [-0.4, -0.2) is 9.97 Å². The molecule has 1 aromatic heterocycles. The molecular formula is C14H9BrN4O2S. The molecule has 6 nitrogen and oxygen atoms in total. The number of benzene rings is 1. The molecule has 1 aliphatic rings. The molecule has 2 heterocycles. The monoisotopic (exact) mass is 376 g/mol. The number of fused-ring (bicyclic) bond motifs is 1. The minimum atomic E-state index is -0.602. The van der Waals surface area contributed by atoms with E-state index in [0.29, 0.717) is 16.2 Å². The van der Waals surface area contributed by atoms with Gasteiger partial charge in [-0.25, -0.2) is 4.79 Å². The minimum Gasteiger partial charge on any atom is -0.392 e. The van der Waals surface area contributed by atoms with Gasteiger partial charge in [0.1, 0.15) is 0 Å². The number of nitrogens with zero attached hydrogens (tertiary/aromatic N) is 1. The van der Waals surface area contributed by atoms with E-state index in [1.165, 1.54) is 0 Å². The van der Waals surface area contributed by atoms with Crippen molar-refractivity contribution >= 4 is 27.7 Å². The van der Waals surface area contributed by atoms with Crippen LogP contribution in [0.5, 0.6) is 0 Å². The topological polar surface area (TPSA) is 116 Å². The van der Waals surface area contributed by atoms with Crippen molar-refractivity contribution in [3.63, 3.8) is 0 Å². The number of nitrogens with one attached hydrogen (secondary N) is 2. The quantitative estimate of drug-likeness (QED) is 0.655. The van der Waals surface area contributed by atoms with Crippen molar-refractivity contribution in [1.29, 1.82) is 5.26 Å². The third-order valence-corrected chi connectivity index (χ3v) is 4.82. The Morgan fingerprint density at radius 2 is 1.91 bits per heavy atom. The van der Waals surface area contributed by atoms with E-state index in [4.69, 9.17) is 5.73 Å². The van der Waals surface area contributed by atoms with Gasteiger partial charge in [0.05, 0.1) is 33.2 Å². The largest absolute Gasteiger partial charge is 0.392 e. The van der Waals surface area contributed by atoms with Crippen molar-refractivity contribution in [2.45, 2.75) is 10.9 Å². The average Bonchev–Trinajstić information content (AvgIpc) is 2.46. The zero-order chi connectivity index (χ0) is 15.9. The Hall–Kier alpha value is -2.24. The van der Waals surface area contributed by atoms with Gasteiger partial charge >= 0.3 is 5.69 Å². The molecule has 0 fully saturated rings. The Balaban J connectivity index is 2.32. The molecule has 1 aliphatic heterocycles. The van der Waals surface area contributed by atoms with Crippen LogP contribution < -0.4 is 17.0 Å². The van der Waals surface area contributed by atoms with Crippen LogP contribution in [0.25, 0.3) is 0 Å². The van der Waals surface area contributed by atoms with Crippen molar-refractivity contribution in [1.82, 2.24) is 9.97 Å². The van der Waals surface area contributed by atoms with E-state index in [0.717, 1.165) is 21.8 Å². The molecule has 0 amide bonds. The molecule has 4 N–H and O–H groups in total. The molecule has 1 atom stereocenters. The molecular weight excluding hydrogens is 368 g/mol. The fourth-order valence-corrected chi connectivity index (χ4v) is 3.60. The number of H-pyrrole nitrogens is 2. The van der Waals surface area contributed by atoms with Crippen LogP contribution in [0.15, 0.2) is 54.0 Å². The molecule has 1 aromatic carbocycles. The summed E-state index contributed by atoms with van der Waals surface area (Å²) in [6.45, 7) is 0. The maximum absolute atomic E-state index is 12.2. The first-order valence-electron chi connectivity index (χ1n) is 6.21. The maximum Gasteiger partial charge on any atom is 0.326 e. The van der Waals surface area contributed by atoms with E-state index >= 15 is 0 Å². The number of hydrogen-bond acceptors (Lipinski definition) is 5. The second-order valence-corrected chi connectivity index (χ2v) is 6.60. The van der Waals surface area contributed by atoms with Crippen LogP contribution in [-0.2, 0) is 0 Å². The molecule has 8 heteroatoms. The number of thioether (sulfide) groups is 1. The fraction of sp³-hybridized carbons (Fsp3) is 0.0714. The maximum atomic E-state index is 12.2. The van der Waals surface area contributed by atoms with E-state index in [2.05, 4.69) is 32.0 Å². The SMILES string of the molecule is N#CC1=C(N)Sc2[nH]c(=O)[nH]c(=O)c2C1c1ccc(Br)cc1. The third kappa shape index (κ3) is 2.38. The lowest BCUT2D eigenvalue weighted by molar-refractivity contribution is 0.820. The van der Waals surface area contributed by atoms with E-state index in [9.17, 15) is 14.9 Å². The molecule has 0 radical (unpaired) electrons. The molecule has 0 saturated heterocycles. The Labute approximate surface area is 137 Å². The Bertz CT molecular complexity index is 937. The third-order valence-electron chi connectivity index (χ3n) is 3.32. The van der Waals surface area contributed by atoms with Crippen molar-refractivity contribution in [2.75, 3.05) is 0 Å². The van der Waals surface area contributed by atoms with Crippen molar-refractivity contribution in [3.8, 4) is 6.07 Å². The number of rotatable bonds is 1. The molecule has 0 spiro atoms. The summed E-state index contributed by atoms with van der Waals surface area (Å²) >= 11 is 4.37. The zero-order valence-corrected chi connectivity index (χ0v) is 13.4. The van der Waals surface area contributed by atoms with Gasteiger partial charge in [0, 0.05) is 4.47 Å². The van der Waals surface area contributed by atoms with Gasteiger partial charge in [-0.15, -0.1) is 0 Å². The van der Waals surface area contributed by atoms with Crippen LogP contribution in [0.2, 0.25) is 0 Å². The summed E-state index contributed by atoms with van der Waals surface area (Å²) in [7, 11) is 0. The molecule has 3 rings (SSSR count). The lowest BCUT2D eigenvalue weighted by Gasteiger charge is -2.24. The Morgan fingerprint density at radius 1 is 1.23 bits per heavy atom. The molecule has 22 heavy (non-hydrogen) atoms. The Morgan fingerprint density at radius 3 is 2.55 bits per heavy atom. The van der Waals surface area contributed by atoms with E-state index in [-0.39, 0.29) is 5.03 Å². The highest BCUT2D eigenvalue weighted by Crippen LogP contribution is 2.42. The van der Waals surface area contributed by atoms with E-state index in [1.54, 1.807) is 0 Å². The van der Waals surface area contributed by atoms with Crippen molar-refractivity contribution in [2.24, 2.45) is 5.73 Å². The number of nitriles is 1. The van der Waals surface area contributed by atoms with Crippen LogP contribution in [0.3, 0.4) is 0 Å². The van der Waals surface area contributed by atoms with E-state index < -0.39 is 17.2 Å². The van der Waals surface area contributed by atoms with Crippen LogP contribution in [0.4, 0.5) is 0 Å². The van der Waals surface area contributed by atoms with Gasteiger partial charge in [-0.1, -0.05) is 39.8 Å². The van der Waals surface area contributed by atoms with Crippen LogP contribution >= 0.6 is 27.7 Å². The second kappa shape index (κ2) is 5.51. The first-order chi connectivity index (χ1) is 10.5. The van der Waals surface area contributed by atoms with Gasteiger partial charge in [-0.2, -0.15) is 5.26 Å². The highest BCUT2D eigenvalue weighted by molar-refractivity contribution is 9.10. The van der Waals surface area contributed by atoms with Gasteiger partial charge in [-0.05, 0) is 17.7 Å². The highest BCUT2D eigenvalue weighted by Gasteiger charge is 2.32. The summed E-state index contributed by atoms with van der Waals surface area (Å²) in [5.41, 5.74) is 6.21.